The summed E-state index contributed by atoms with van der Waals surface area (Å²) in [5, 5.41) is 4.21. The molecule has 2 rings (SSSR count). The van der Waals surface area contributed by atoms with E-state index in [-0.39, 0.29) is 0 Å². The highest BCUT2D eigenvalue weighted by Gasteiger charge is 2.05. The molecule has 0 aliphatic carbocycles. The fourth-order valence-electron chi connectivity index (χ4n) is 1.68. The summed E-state index contributed by atoms with van der Waals surface area (Å²) in [6.45, 7) is 5.09. The van der Waals surface area contributed by atoms with Gasteiger partial charge in [0.05, 0.1) is 17.2 Å². The van der Waals surface area contributed by atoms with Crippen LogP contribution in [0.4, 0.5) is 5.82 Å². The van der Waals surface area contributed by atoms with Gasteiger partial charge in [-0.2, -0.15) is 5.10 Å². The number of nitrogens with zero attached hydrogens (tertiary/aromatic N) is 2. The summed E-state index contributed by atoms with van der Waals surface area (Å²) < 4.78 is 2.63. The Bertz CT molecular complexity index is 500. The van der Waals surface area contributed by atoms with Crippen LogP contribution in [0.2, 0.25) is 0 Å². The van der Waals surface area contributed by atoms with Crippen LogP contribution >= 0.6 is 15.9 Å². The number of halogens is 1. The lowest BCUT2D eigenvalue weighted by Gasteiger charge is -2.08. The van der Waals surface area contributed by atoms with Crippen LogP contribution in [0.25, 0.3) is 0 Å². The maximum absolute atomic E-state index is 5.88. The second-order valence-electron chi connectivity index (χ2n) is 4.43. The zero-order valence-electron chi connectivity index (χ0n) is 10.0. The third-order valence-electron chi connectivity index (χ3n) is 2.81. The minimum atomic E-state index is 0.563. The van der Waals surface area contributed by atoms with Gasteiger partial charge in [-0.25, -0.2) is 4.68 Å². The normalized spacial score (nSPS) is 11.1. The summed E-state index contributed by atoms with van der Waals surface area (Å²) >= 11 is 3.35. The van der Waals surface area contributed by atoms with E-state index in [4.69, 9.17) is 5.73 Å². The van der Waals surface area contributed by atoms with Gasteiger partial charge in [-0.05, 0) is 33.0 Å². The average Bonchev–Trinajstić information content (AvgIpc) is 2.62. The summed E-state index contributed by atoms with van der Waals surface area (Å²) in [6, 6.07) is 8.58. The lowest BCUT2D eigenvalue weighted by atomic mass is 10.0. The molecule has 0 saturated heterocycles. The van der Waals surface area contributed by atoms with E-state index in [1.807, 2.05) is 0 Å². The van der Waals surface area contributed by atoms with Crippen molar-refractivity contribution in [1.82, 2.24) is 9.78 Å². The summed E-state index contributed by atoms with van der Waals surface area (Å²) in [6.07, 6.45) is 1.72. The van der Waals surface area contributed by atoms with E-state index in [9.17, 15) is 0 Å². The smallest absolute Gasteiger partial charge is 0.136 e. The summed E-state index contributed by atoms with van der Waals surface area (Å²) in [5.74, 6) is 1.23. The van der Waals surface area contributed by atoms with Crippen molar-refractivity contribution in [1.29, 1.82) is 0 Å². The van der Waals surface area contributed by atoms with Gasteiger partial charge in [-0.3, -0.25) is 0 Å². The first kappa shape index (κ1) is 12.2. The van der Waals surface area contributed by atoms with Gasteiger partial charge in [-0.15, -0.1) is 0 Å². The predicted molar refractivity (Wildman–Crippen MR) is 74.0 cm³/mol. The molecule has 4 heteroatoms. The molecular formula is C13H16BrN3. The summed E-state index contributed by atoms with van der Waals surface area (Å²) in [5.41, 5.74) is 8.44. The zero-order chi connectivity index (χ0) is 12.4. The Labute approximate surface area is 110 Å². The third-order valence-corrected chi connectivity index (χ3v) is 3.42. The van der Waals surface area contributed by atoms with E-state index in [1.54, 1.807) is 10.9 Å². The molecule has 17 heavy (non-hydrogen) atoms. The van der Waals surface area contributed by atoms with Gasteiger partial charge in [-0.1, -0.05) is 38.1 Å². The number of hydrogen-bond acceptors (Lipinski definition) is 2. The zero-order valence-corrected chi connectivity index (χ0v) is 11.6. The molecular weight excluding hydrogens is 278 g/mol. The molecule has 3 nitrogen and oxygen atoms in total. The van der Waals surface area contributed by atoms with E-state index < -0.39 is 0 Å². The molecule has 0 amide bonds. The number of nitrogen functional groups attached to an aromatic ring is 1. The third kappa shape index (κ3) is 2.69. The molecule has 0 spiro atoms. The van der Waals surface area contributed by atoms with Crippen molar-refractivity contribution in [3.63, 3.8) is 0 Å². The maximum Gasteiger partial charge on any atom is 0.136 e. The summed E-state index contributed by atoms with van der Waals surface area (Å²) in [7, 11) is 0. The fourth-order valence-corrected chi connectivity index (χ4v) is 1.98. The van der Waals surface area contributed by atoms with Crippen molar-refractivity contribution in [3.05, 3.63) is 46.1 Å². The van der Waals surface area contributed by atoms with Gasteiger partial charge in [0.15, 0.2) is 0 Å². The molecule has 0 aliphatic rings. The van der Waals surface area contributed by atoms with Crippen molar-refractivity contribution >= 4 is 21.7 Å². The van der Waals surface area contributed by atoms with Crippen molar-refractivity contribution in [2.45, 2.75) is 26.3 Å². The largest absolute Gasteiger partial charge is 0.383 e. The van der Waals surface area contributed by atoms with E-state index in [2.05, 4.69) is 59.1 Å². The predicted octanol–water partition coefficient (Wildman–Crippen LogP) is 3.40. The van der Waals surface area contributed by atoms with Crippen LogP contribution < -0.4 is 5.73 Å². The highest BCUT2D eigenvalue weighted by Crippen LogP contribution is 2.20. The maximum atomic E-state index is 5.88. The second kappa shape index (κ2) is 4.92. The first-order chi connectivity index (χ1) is 8.08. The van der Waals surface area contributed by atoms with Crippen LogP contribution in [0.5, 0.6) is 0 Å². The van der Waals surface area contributed by atoms with Crippen LogP contribution in [0.3, 0.4) is 0 Å². The topological polar surface area (TPSA) is 43.8 Å². The SMILES string of the molecule is CC(C)c1ccc(Cn2ncc(Br)c2N)cc1. The minimum Gasteiger partial charge on any atom is -0.383 e. The highest BCUT2D eigenvalue weighted by molar-refractivity contribution is 9.10. The van der Waals surface area contributed by atoms with Crippen LogP contribution in [0.15, 0.2) is 34.9 Å². The van der Waals surface area contributed by atoms with Gasteiger partial charge in [0.25, 0.3) is 0 Å². The molecule has 0 fully saturated rings. The number of aromatic nitrogens is 2. The fraction of sp³-hybridized carbons (Fsp3) is 0.308. The molecule has 2 N–H and O–H groups in total. The Morgan fingerprint density at radius 2 is 1.94 bits per heavy atom. The monoisotopic (exact) mass is 293 g/mol. The second-order valence-corrected chi connectivity index (χ2v) is 5.29. The van der Waals surface area contributed by atoms with Gasteiger partial charge < -0.3 is 5.73 Å². The van der Waals surface area contributed by atoms with Crippen molar-refractivity contribution < 1.29 is 0 Å². The number of benzene rings is 1. The first-order valence-electron chi connectivity index (χ1n) is 5.63. The molecule has 0 unspecified atom stereocenters. The molecule has 1 aromatic heterocycles. The van der Waals surface area contributed by atoms with Gasteiger partial charge in [0, 0.05) is 0 Å². The van der Waals surface area contributed by atoms with E-state index in [0.29, 0.717) is 18.3 Å². The molecule has 90 valence electrons. The van der Waals surface area contributed by atoms with Crippen LogP contribution in [-0.4, -0.2) is 9.78 Å². The first-order valence-corrected chi connectivity index (χ1v) is 6.43. The molecule has 1 aromatic carbocycles. The Kier molecular flexibility index (Phi) is 3.52. The Morgan fingerprint density at radius 3 is 2.41 bits per heavy atom. The molecule has 0 atom stereocenters. The minimum absolute atomic E-state index is 0.563. The van der Waals surface area contributed by atoms with Gasteiger partial charge >= 0.3 is 0 Å². The lowest BCUT2D eigenvalue weighted by Crippen LogP contribution is -2.05. The van der Waals surface area contributed by atoms with Gasteiger partial charge in [0.2, 0.25) is 0 Å². The van der Waals surface area contributed by atoms with Crippen molar-refractivity contribution in [2.24, 2.45) is 0 Å². The molecule has 0 aliphatic heterocycles. The lowest BCUT2D eigenvalue weighted by molar-refractivity contribution is 0.696. The van der Waals surface area contributed by atoms with E-state index in [0.717, 1.165) is 4.47 Å². The number of rotatable bonds is 3. The number of hydrogen-bond donors (Lipinski definition) is 1. The van der Waals surface area contributed by atoms with Crippen molar-refractivity contribution in [2.75, 3.05) is 5.73 Å². The Hall–Kier alpha value is -1.29. The van der Waals surface area contributed by atoms with Crippen LogP contribution in [-0.2, 0) is 6.54 Å². The highest BCUT2D eigenvalue weighted by atomic mass is 79.9. The van der Waals surface area contributed by atoms with Gasteiger partial charge in [0.1, 0.15) is 5.82 Å². The molecule has 0 bridgehead atoms. The van der Waals surface area contributed by atoms with Crippen LogP contribution in [0.1, 0.15) is 30.9 Å². The standard InChI is InChI=1S/C13H16BrN3/c1-9(2)11-5-3-10(4-6-11)8-17-13(15)12(14)7-16-17/h3-7,9H,8,15H2,1-2H3. The van der Waals surface area contributed by atoms with Crippen LogP contribution in [0, 0.1) is 0 Å². The molecule has 2 aromatic rings. The van der Waals surface area contributed by atoms with Crippen molar-refractivity contribution in [3.8, 4) is 0 Å². The van der Waals surface area contributed by atoms with E-state index >= 15 is 0 Å². The summed E-state index contributed by atoms with van der Waals surface area (Å²) in [4.78, 5) is 0. The Balaban J connectivity index is 2.17. The average molecular weight is 294 g/mol. The number of anilines is 1. The molecule has 0 radical (unpaired) electrons. The molecule has 0 saturated carbocycles. The van der Waals surface area contributed by atoms with E-state index in [1.165, 1.54) is 11.1 Å². The number of nitrogens with two attached hydrogens (primary N) is 1. The molecule has 1 heterocycles. The Morgan fingerprint density at radius 1 is 1.29 bits per heavy atom. The quantitative estimate of drug-likeness (QED) is 0.943.